The highest BCUT2D eigenvalue weighted by Crippen LogP contribution is 2.26. The lowest BCUT2D eigenvalue weighted by Crippen LogP contribution is -2.14. The molecule has 0 radical (unpaired) electrons. The van der Waals surface area contributed by atoms with Gasteiger partial charge in [-0.05, 0) is 51.1 Å². The number of aromatic nitrogens is 3. The van der Waals surface area contributed by atoms with Gasteiger partial charge in [-0.2, -0.15) is 0 Å². The highest BCUT2D eigenvalue weighted by atomic mass is 35.5. The zero-order valence-electron chi connectivity index (χ0n) is 16.2. The Morgan fingerprint density at radius 2 is 2.00 bits per heavy atom. The molecule has 3 aromatic rings. The minimum Gasteiger partial charge on any atom is -0.411 e. The van der Waals surface area contributed by atoms with Crippen LogP contribution in [0.4, 0.5) is 0 Å². The molecule has 2 aromatic heterocycles. The van der Waals surface area contributed by atoms with Crippen molar-refractivity contribution >= 4 is 29.1 Å². The third-order valence-corrected chi connectivity index (χ3v) is 5.53. The number of carbonyl (C=O) groups is 1. The maximum atomic E-state index is 12.7. The number of benzene rings is 1. The van der Waals surface area contributed by atoms with Crippen molar-refractivity contribution in [2.24, 2.45) is 0 Å². The summed E-state index contributed by atoms with van der Waals surface area (Å²) < 4.78 is 13.0. The van der Waals surface area contributed by atoms with Gasteiger partial charge in [0.15, 0.2) is 5.78 Å². The van der Waals surface area contributed by atoms with Gasteiger partial charge in [0, 0.05) is 34.6 Å². The number of ether oxygens (including phenoxy) is 1. The van der Waals surface area contributed by atoms with Crippen molar-refractivity contribution in [3.8, 4) is 11.5 Å². The first kappa shape index (κ1) is 20.6. The minimum atomic E-state index is 0.0280. The Labute approximate surface area is 173 Å². The summed E-state index contributed by atoms with van der Waals surface area (Å²) in [7, 11) is 1.68. The molecule has 0 bridgehead atoms. The lowest BCUT2D eigenvalue weighted by molar-refractivity contribution is 0.102. The maximum absolute atomic E-state index is 12.7. The van der Waals surface area contributed by atoms with Gasteiger partial charge < -0.3 is 13.7 Å². The Balaban J connectivity index is 1.68. The number of ketones is 1. The number of aryl methyl sites for hydroxylation is 1. The number of Topliss-reactive ketones (excluding diaryl/α,β-unsaturated/α-hetero) is 1. The van der Waals surface area contributed by atoms with Gasteiger partial charge in [0.05, 0.1) is 18.4 Å². The first-order valence-electron chi connectivity index (χ1n) is 8.83. The zero-order chi connectivity index (χ0) is 20.3. The normalized spacial score (nSPS) is 12.3. The highest BCUT2D eigenvalue weighted by Gasteiger charge is 2.20. The van der Waals surface area contributed by atoms with Crippen molar-refractivity contribution in [2.45, 2.75) is 32.0 Å². The van der Waals surface area contributed by atoms with Crippen molar-refractivity contribution in [1.82, 2.24) is 14.8 Å². The fraction of sp³-hybridized carbons (Fsp3) is 0.350. The molecule has 0 saturated carbocycles. The van der Waals surface area contributed by atoms with Crippen LogP contribution in [0.1, 0.15) is 34.7 Å². The van der Waals surface area contributed by atoms with Crippen molar-refractivity contribution in [3.05, 3.63) is 52.3 Å². The summed E-state index contributed by atoms with van der Waals surface area (Å²) in [6, 6.07) is 9.24. The van der Waals surface area contributed by atoms with Crippen LogP contribution in [-0.4, -0.2) is 40.0 Å². The minimum absolute atomic E-state index is 0.0280. The van der Waals surface area contributed by atoms with Crippen LogP contribution in [0.5, 0.6) is 0 Å². The molecule has 0 amide bonds. The molecule has 0 aliphatic rings. The molecule has 0 N–H and O–H groups in total. The number of carbonyl (C=O) groups excluding carboxylic acids is 1. The number of halogens is 1. The third-order valence-electron chi connectivity index (χ3n) is 4.46. The van der Waals surface area contributed by atoms with E-state index in [0.717, 1.165) is 17.0 Å². The van der Waals surface area contributed by atoms with Crippen molar-refractivity contribution in [1.29, 1.82) is 0 Å². The molecule has 0 spiro atoms. The quantitative estimate of drug-likeness (QED) is 0.378. The lowest BCUT2D eigenvalue weighted by Gasteiger charge is -2.17. The summed E-state index contributed by atoms with van der Waals surface area (Å²) in [5.74, 6) is 0.656. The number of methoxy groups -OCH3 is 1. The van der Waals surface area contributed by atoms with E-state index in [9.17, 15) is 4.79 Å². The van der Waals surface area contributed by atoms with Crippen LogP contribution in [0.3, 0.4) is 0 Å². The van der Waals surface area contributed by atoms with Gasteiger partial charge in [-0.3, -0.25) is 4.79 Å². The van der Waals surface area contributed by atoms with Gasteiger partial charge in [-0.25, -0.2) is 0 Å². The summed E-state index contributed by atoms with van der Waals surface area (Å²) in [5.41, 5.74) is 3.48. The average Bonchev–Trinajstić information content (AvgIpc) is 3.25. The summed E-state index contributed by atoms with van der Waals surface area (Å²) in [6.45, 7) is 6.62. The van der Waals surface area contributed by atoms with Crippen molar-refractivity contribution in [2.75, 3.05) is 19.5 Å². The molecule has 2 heterocycles. The fourth-order valence-corrected chi connectivity index (χ4v) is 4.01. The lowest BCUT2D eigenvalue weighted by atomic mass is 10.2. The van der Waals surface area contributed by atoms with Gasteiger partial charge in [-0.1, -0.05) is 23.4 Å². The molecule has 148 valence electrons. The summed E-state index contributed by atoms with van der Waals surface area (Å²) >= 11 is 7.13. The second-order valence-corrected chi connectivity index (χ2v) is 7.91. The fourth-order valence-electron chi connectivity index (χ4n) is 3.24. The molecule has 3 rings (SSSR count). The summed E-state index contributed by atoms with van der Waals surface area (Å²) in [6.07, 6.45) is 0. The predicted octanol–water partition coefficient (Wildman–Crippen LogP) is 4.99. The molecular formula is C20H22ClN3O3S. The van der Waals surface area contributed by atoms with Crippen molar-refractivity contribution < 1.29 is 13.9 Å². The highest BCUT2D eigenvalue weighted by molar-refractivity contribution is 7.99. The van der Waals surface area contributed by atoms with E-state index in [2.05, 4.69) is 21.7 Å². The van der Waals surface area contributed by atoms with Crippen LogP contribution < -0.4 is 0 Å². The van der Waals surface area contributed by atoms with Gasteiger partial charge in [0.2, 0.25) is 5.89 Å². The molecule has 0 saturated heterocycles. The first-order valence-corrected chi connectivity index (χ1v) is 10.2. The second kappa shape index (κ2) is 8.94. The topological polar surface area (TPSA) is 70.2 Å². The van der Waals surface area contributed by atoms with E-state index in [1.807, 2.05) is 32.0 Å². The molecule has 28 heavy (non-hydrogen) atoms. The zero-order valence-corrected chi connectivity index (χ0v) is 17.8. The Kier molecular flexibility index (Phi) is 6.59. The smallest absolute Gasteiger partial charge is 0.277 e. The van der Waals surface area contributed by atoms with E-state index in [1.54, 1.807) is 19.2 Å². The predicted molar refractivity (Wildman–Crippen MR) is 110 cm³/mol. The molecule has 0 fully saturated rings. The second-order valence-electron chi connectivity index (χ2n) is 6.55. The van der Waals surface area contributed by atoms with E-state index in [0.29, 0.717) is 28.3 Å². The first-order chi connectivity index (χ1) is 13.4. The third kappa shape index (κ3) is 4.48. The Bertz CT molecular complexity index is 966. The van der Waals surface area contributed by atoms with Crippen LogP contribution in [0.15, 0.2) is 40.0 Å². The van der Waals surface area contributed by atoms with Gasteiger partial charge in [0.1, 0.15) is 0 Å². The Hall–Kier alpha value is -2.09. The molecule has 0 aliphatic heterocycles. The van der Waals surface area contributed by atoms with E-state index in [-0.39, 0.29) is 17.6 Å². The van der Waals surface area contributed by atoms with Gasteiger partial charge in [-0.15, -0.1) is 10.2 Å². The number of thioether (sulfide) groups is 1. The SMILES string of the molecule is COC[C@H](C)n1c(C)cc(C(=O)CSc2nnc(-c3ccc(Cl)cc3)o2)c1C. The maximum Gasteiger partial charge on any atom is 0.277 e. The van der Waals surface area contributed by atoms with E-state index in [1.165, 1.54) is 11.8 Å². The molecule has 0 aliphatic carbocycles. The van der Waals surface area contributed by atoms with Crippen LogP contribution in [0, 0.1) is 13.8 Å². The van der Waals surface area contributed by atoms with Crippen LogP contribution in [-0.2, 0) is 4.74 Å². The molecule has 6 nitrogen and oxygen atoms in total. The Morgan fingerprint density at radius 1 is 1.29 bits per heavy atom. The Morgan fingerprint density at radius 3 is 2.68 bits per heavy atom. The molecular weight excluding hydrogens is 398 g/mol. The van der Waals surface area contributed by atoms with E-state index >= 15 is 0 Å². The van der Waals surface area contributed by atoms with Crippen LogP contribution in [0.25, 0.3) is 11.5 Å². The average molecular weight is 420 g/mol. The number of nitrogens with zero attached hydrogens (tertiary/aromatic N) is 3. The van der Waals surface area contributed by atoms with E-state index in [4.69, 9.17) is 20.8 Å². The van der Waals surface area contributed by atoms with Crippen molar-refractivity contribution in [3.63, 3.8) is 0 Å². The number of rotatable bonds is 8. The number of hydrogen-bond donors (Lipinski definition) is 0. The van der Waals surface area contributed by atoms with E-state index < -0.39 is 0 Å². The molecule has 8 heteroatoms. The molecule has 1 aromatic carbocycles. The summed E-state index contributed by atoms with van der Waals surface area (Å²) in [4.78, 5) is 12.7. The van der Waals surface area contributed by atoms with Crippen LogP contribution in [0.2, 0.25) is 5.02 Å². The van der Waals surface area contributed by atoms with Gasteiger partial charge in [0.25, 0.3) is 5.22 Å². The monoisotopic (exact) mass is 419 g/mol. The van der Waals surface area contributed by atoms with Gasteiger partial charge >= 0.3 is 0 Å². The standard InChI is InChI=1S/C20H22ClN3O3S/c1-12-9-17(14(3)24(12)13(2)10-26-4)18(25)11-28-20-23-22-19(27-20)15-5-7-16(21)8-6-15/h5-9,13H,10-11H2,1-4H3/t13-/m0/s1. The summed E-state index contributed by atoms with van der Waals surface area (Å²) in [5, 5.41) is 9.05. The molecule has 1 atom stereocenters. The largest absolute Gasteiger partial charge is 0.411 e. The molecule has 0 unspecified atom stereocenters. The van der Waals surface area contributed by atoms with Crippen LogP contribution >= 0.6 is 23.4 Å². The number of hydrogen-bond acceptors (Lipinski definition) is 6.